The first kappa shape index (κ1) is 23.4. The van der Waals surface area contributed by atoms with Crippen LogP contribution in [0.15, 0.2) is 91.4 Å². The highest BCUT2D eigenvalue weighted by Crippen LogP contribution is 2.30. The van der Waals surface area contributed by atoms with Crippen LogP contribution < -0.4 is 16.8 Å². The van der Waals surface area contributed by atoms with Gasteiger partial charge < -0.3 is 21.5 Å². The fourth-order valence-electron chi connectivity index (χ4n) is 3.92. The molecule has 0 unspecified atom stereocenters. The lowest BCUT2D eigenvalue weighted by atomic mass is 10.0. The molecular weight excluding hydrogens is 468 g/mol. The van der Waals surface area contributed by atoms with Crippen LogP contribution in [0.25, 0.3) is 33.4 Å². The van der Waals surface area contributed by atoms with Crippen molar-refractivity contribution in [2.45, 2.75) is 6.61 Å². The number of benzene rings is 3. The van der Waals surface area contributed by atoms with Crippen LogP contribution in [0.5, 0.6) is 0 Å². The van der Waals surface area contributed by atoms with Crippen molar-refractivity contribution in [2.75, 3.05) is 5.32 Å². The van der Waals surface area contributed by atoms with E-state index in [0.717, 1.165) is 27.6 Å². The first-order valence-corrected chi connectivity index (χ1v) is 11.4. The van der Waals surface area contributed by atoms with Crippen molar-refractivity contribution in [3.05, 3.63) is 103 Å². The Labute approximate surface area is 212 Å². The molecule has 2 amide bonds. The number of rotatable bonds is 7. The SMILES string of the molecule is NC(=O)OCc1ccc(-c2ccc3nc(-c4cnccc4Nc4ccccc4C(N)=O)ncc3c2)cc1. The van der Waals surface area contributed by atoms with Crippen molar-refractivity contribution in [2.24, 2.45) is 11.5 Å². The number of aromatic nitrogens is 3. The van der Waals surface area contributed by atoms with Crippen molar-refractivity contribution >= 4 is 34.3 Å². The third-order valence-corrected chi connectivity index (χ3v) is 5.77. The van der Waals surface area contributed by atoms with Gasteiger partial charge in [0.05, 0.1) is 28.0 Å². The summed E-state index contributed by atoms with van der Waals surface area (Å²) >= 11 is 0. The van der Waals surface area contributed by atoms with Gasteiger partial charge in [-0.05, 0) is 47.0 Å². The van der Waals surface area contributed by atoms with Gasteiger partial charge in [-0.1, -0.05) is 42.5 Å². The molecule has 0 aliphatic carbocycles. The summed E-state index contributed by atoms with van der Waals surface area (Å²) in [5.74, 6) is -0.0312. The predicted octanol–water partition coefficient (Wildman–Crippen LogP) is 4.80. The molecule has 9 nitrogen and oxygen atoms in total. The van der Waals surface area contributed by atoms with Gasteiger partial charge in [-0.2, -0.15) is 0 Å². The second kappa shape index (κ2) is 10.1. The van der Waals surface area contributed by atoms with E-state index in [2.05, 4.69) is 15.3 Å². The zero-order chi connectivity index (χ0) is 25.8. The van der Waals surface area contributed by atoms with Crippen LogP contribution in [-0.4, -0.2) is 27.0 Å². The Bertz CT molecular complexity index is 1620. The highest BCUT2D eigenvalue weighted by molar-refractivity contribution is 5.99. The average Bonchev–Trinajstić information content (AvgIpc) is 2.92. The van der Waals surface area contributed by atoms with Gasteiger partial charge >= 0.3 is 6.09 Å². The molecule has 2 aromatic heterocycles. The smallest absolute Gasteiger partial charge is 0.404 e. The molecule has 0 saturated carbocycles. The van der Waals surface area contributed by atoms with E-state index in [0.29, 0.717) is 28.3 Å². The van der Waals surface area contributed by atoms with E-state index in [1.807, 2.05) is 48.5 Å². The van der Waals surface area contributed by atoms with Crippen LogP contribution in [0.3, 0.4) is 0 Å². The van der Waals surface area contributed by atoms with E-state index in [1.54, 1.807) is 42.9 Å². The van der Waals surface area contributed by atoms with Crippen molar-refractivity contribution in [3.63, 3.8) is 0 Å². The lowest BCUT2D eigenvalue weighted by Gasteiger charge is -2.13. The summed E-state index contributed by atoms with van der Waals surface area (Å²) in [6.45, 7) is 0.128. The number of carbonyl (C=O) groups excluding carboxylic acids is 2. The van der Waals surface area contributed by atoms with Crippen LogP contribution in [-0.2, 0) is 11.3 Å². The summed E-state index contributed by atoms with van der Waals surface area (Å²) in [4.78, 5) is 36.2. The minimum atomic E-state index is -0.803. The van der Waals surface area contributed by atoms with E-state index >= 15 is 0 Å². The number of amides is 2. The van der Waals surface area contributed by atoms with Gasteiger partial charge in [-0.25, -0.2) is 14.8 Å². The number of pyridine rings is 1. The number of nitrogens with one attached hydrogen (secondary N) is 1. The zero-order valence-corrected chi connectivity index (χ0v) is 19.6. The molecule has 0 saturated heterocycles. The number of ether oxygens (including phenoxy) is 1. The predicted molar refractivity (Wildman–Crippen MR) is 141 cm³/mol. The van der Waals surface area contributed by atoms with Gasteiger partial charge in [0, 0.05) is 24.0 Å². The van der Waals surface area contributed by atoms with E-state index < -0.39 is 12.0 Å². The van der Waals surface area contributed by atoms with Crippen molar-refractivity contribution in [3.8, 4) is 22.5 Å². The Morgan fingerprint density at radius 2 is 1.65 bits per heavy atom. The number of primary amides is 2. The van der Waals surface area contributed by atoms with Crippen molar-refractivity contribution in [1.82, 2.24) is 15.0 Å². The summed E-state index contributed by atoms with van der Waals surface area (Å²) in [6.07, 6.45) is 4.29. The Kier molecular flexibility index (Phi) is 6.41. The highest BCUT2D eigenvalue weighted by Gasteiger charge is 2.13. The number of anilines is 2. The molecule has 0 radical (unpaired) electrons. The molecule has 0 atom stereocenters. The van der Waals surface area contributed by atoms with Gasteiger partial charge in [0.15, 0.2) is 5.82 Å². The highest BCUT2D eigenvalue weighted by atomic mass is 16.5. The standard InChI is InChI=1S/C28H22N6O3/c29-26(35)21-3-1-2-4-24(21)33-25-11-12-31-15-22(25)27-32-14-20-13-19(9-10-23(20)34-27)18-7-5-17(6-8-18)16-37-28(30)36/h1-15H,16H2,(H2,29,35)(H2,30,36)(H,31,33). The summed E-state index contributed by atoms with van der Waals surface area (Å²) in [5.41, 5.74) is 16.5. The molecule has 0 fully saturated rings. The van der Waals surface area contributed by atoms with Crippen LogP contribution in [0.1, 0.15) is 15.9 Å². The number of nitrogens with two attached hydrogens (primary N) is 2. The third-order valence-electron chi connectivity index (χ3n) is 5.77. The Morgan fingerprint density at radius 1 is 0.865 bits per heavy atom. The Morgan fingerprint density at radius 3 is 2.43 bits per heavy atom. The molecule has 5 N–H and O–H groups in total. The van der Waals surface area contributed by atoms with E-state index in [-0.39, 0.29) is 6.61 Å². The molecule has 5 aromatic rings. The van der Waals surface area contributed by atoms with Gasteiger partial charge in [0.25, 0.3) is 5.91 Å². The first-order valence-electron chi connectivity index (χ1n) is 11.4. The van der Waals surface area contributed by atoms with Crippen molar-refractivity contribution in [1.29, 1.82) is 0 Å². The Balaban J connectivity index is 1.43. The van der Waals surface area contributed by atoms with Crippen molar-refractivity contribution < 1.29 is 14.3 Å². The monoisotopic (exact) mass is 490 g/mol. The zero-order valence-electron chi connectivity index (χ0n) is 19.6. The molecule has 0 spiro atoms. The van der Waals surface area contributed by atoms with E-state index in [9.17, 15) is 9.59 Å². The quantitative estimate of drug-likeness (QED) is 0.297. The summed E-state index contributed by atoms with van der Waals surface area (Å²) in [5, 5.41) is 4.14. The largest absolute Gasteiger partial charge is 0.445 e. The lowest BCUT2D eigenvalue weighted by molar-refractivity contribution is 0.100. The summed E-state index contributed by atoms with van der Waals surface area (Å²) in [7, 11) is 0. The van der Waals surface area contributed by atoms with Crippen LogP contribution >= 0.6 is 0 Å². The number of hydrogen-bond acceptors (Lipinski definition) is 7. The molecule has 0 aliphatic heterocycles. The molecule has 182 valence electrons. The molecule has 9 heteroatoms. The topological polar surface area (TPSA) is 146 Å². The van der Waals surface area contributed by atoms with Gasteiger partial charge in [-0.3, -0.25) is 9.78 Å². The van der Waals surface area contributed by atoms with E-state index in [4.69, 9.17) is 21.2 Å². The molecule has 3 aromatic carbocycles. The number of carbonyl (C=O) groups is 2. The number of hydrogen-bond donors (Lipinski definition) is 3. The summed E-state index contributed by atoms with van der Waals surface area (Å²) < 4.78 is 4.83. The molecule has 0 bridgehead atoms. The molecule has 0 aliphatic rings. The maximum atomic E-state index is 11.8. The van der Waals surface area contributed by atoms with Crippen LogP contribution in [0, 0.1) is 0 Å². The lowest BCUT2D eigenvalue weighted by Crippen LogP contribution is -2.13. The maximum Gasteiger partial charge on any atom is 0.404 e. The van der Waals surface area contributed by atoms with E-state index in [1.165, 1.54) is 0 Å². The second-order valence-electron chi connectivity index (χ2n) is 8.23. The van der Waals surface area contributed by atoms with Gasteiger partial charge in [0.1, 0.15) is 6.61 Å². The molecule has 37 heavy (non-hydrogen) atoms. The normalized spacial score (nSPS) is 10.7. The van der Waals surface area contributed by atoms with Crippen LogP contribution in [0.2, 0.25) is 0 Å². The third kappa shape index (κ3) is 5.20. The maximum absolute atomic E-state index is 11.8. The van der Waals surface area contributed by atoms with Crippen LogP contribution in [0.4, 0.5) is 16.2 Å². The average molecular weight is 491 g/mol. The molecule has 2 heterocycles. The fraction of sp³-hybridized carbons (Fsp3) is 0.0357. The second-order valence-corrected chi connectivity index (χ2v) is 8.23. The number of para-hydroxylation sites is 1. The number of nitrogens with zero attached hydrogens (tertiary/aromatic N) is 3. The number of fused-ring (bicyclic) bond motifs is 1. The molecular formula is C28H22N6O3. The Hall–Kier alpha value is -5.31. The fourth-order valence-corrected chi connectivity index (χ4v) is 3.92. The van der Waals surface area contributed by atoms with Gasteiger partial charge in [0.2, 0.25) is 0 Å². The first-order chi connectivity index (χ1) is 18.0. The minimum absolute atomic E-state index is 0.128. The minimum Gasteiger partial charge on any atom is -0.445 e. The molecule has 5 rings (SSSR count). The summed E-state index contributed by atoms with van der Waals surface area (Å²) in [6, 6.07) is 22.4. The van der Waals surface area contributed by atoms with Gasteiger partial charge in [-0.15, -0.1) is 0 Å².